The lowest BCUT2D eigenvalue weighted by Gasteiger charge is -2.30. The predicted molar refractivity (Wildman–Crippen MR) is 77.8 cm³/mol. The minimum absolute atomic E-state index is 0.197. The Balaban J connectivity index is 2.36. The predicted octanol–water partition coefficient (Wildman–Crippen LogP) is 3.97. The molecule has 1 fully saturated rings. The lowest BCUT2D eigenvalue weighted by molar-refractivity contribution is -0.123. The molecule has 0 radical (unpaired) electrons. The van der Waals surface area contributed by atoms with Gasteiger partial charge in [-0.3, -0.25) is 4.79 Å². The van der Waals surface area contributed by atoms with E-state index in [0.717, 1.165) is 18.7 Å². The normalized spacial score (nSPS) is 26.7. The first-order valence-corrected chi connectivity index (χ1v) is 7.71. The van der Waals surface area contributed by atoms with Crippen molar-refractivity contribution in [1.29, 1.82) is 0 Å². The van der Waals surface area contributed by atoms with Crippen molar-refractivity contribution in [3.05, 3.63) is 0 Å². The van der Waals surface area contributed by atoms with Crippen LogP contribution in [0.4, 0.5) is 0 Å². The van der Waals surface area contributed by atoms with Gasteiger partial charge in [0, 0.05) is 18.3 Å². The molecule has 0 heterocycles. The summed E-state index contributed by atoms with van der Waals surface area (Å²) >= 11 is 5.91. The summed E-state index contributed by atoms with van der Waals surface area (Å²) in [6.07, 6.45) is 5.21. The van der Waals surface area contributed by atoms with E-state index in [4.69, 9.17) is 11.6 Å². The Labute approximate surface area is 117 Å². The van der Waals surface area contributed by atoms with E-state index in [0.29, 0.717) is 24.3 Å². The average molecular weight is 274 g/mol. The fourth-order valence-corrected chi connectivity index (χ4v) is 2.71. The molecule has 3 unspecified atom stereocenters. The zero-order valence-corrected chi connectivity index (χ0v) is 13.0. The molecular formula is C15H28ClNO. The average Bonchev–Trinajstić information content (AvgIpc) is 2.27. The molecule has 0 aromatic heterocycles. The van der Waals surface area contributed by atoms with Crippen molar-refractivity contribution in [3.8, 4) is 0 Å². The van der Waals surface area contributed by atoms with Crippen molar-refractivity contribution in [2.45, 2.75) is 65.8 Å². The highest BCUT2D eigenvalue weighted by Gasteiger charge is 2.26. The number of nitrogens with one attached hydrogen (secondary N) is 1. The molecule has 2 nitrogen and oxygen atoms in total. The topological polar surface area (TPSA) is 29.1 Å². The second-order valence-corrected chi connectivity index (χ2v) is 7.23. The van der Waals surface area contributed by atoms with E-state index in [1.807, 2.05) is 0 Å². The number of halogens is 1. The lowest BCUT2D eigenvalue weighted by atomic mass is 9.80. The summed E-state index contributed by atoms with van der Waals surface area (Å²) in [6, 6.07) is 0.349. The molecule has 1 aliphatic carbocycles. The maximum absolute atomic E-state index is 12.0. The third kappa shape index (κ3) is 5.17. The first kappa shape index (κ1) is 15.8. The van der Waals surface area contributed by atoms with Crippen LogP contribution in [0, 0.1) is 17.3 Å². The second-order valence-electron chi connectivity index (χ2n) is 6.92. The molecule has 0 spiro atoms. The van der Waals surface area contributed by atoms with Crippen molar-refractivity contribution in [1.82, 2.24) is 5.32 Å². The second kappa shape index (κ2) is 6.79. The highest BCUT2D eigenvalue weighted by molar-refractivity contribution is 6.18. The third-order valence-electron chi connectivity index (χ3n) is 4.34. The smallest absolute Gasteiger partial charge is 0.220 e. The van der Waals surface area contributed by atoms with Crippen LogP contribution in [0.15, 0.2) is 0 Å². The highest BCUT2D eigenvalue weighted by Crippen LogP contribution is 2.29. The van der Waals surface area contributed by atoms with Gasteiger partial charge >= 0.3 is 0 Å². The van der Waals surface area contributed by atoms with Gasteiger partial charge in [0.1, 0.15) is 0 Å². The Morgan fingerprint density at radius 3 is 2.61 bits per heavy atom. The van der Waals surface area contributed by atoms with Crippen LogP contribution >= 0.6 is 11.6 Å². The SMILES string of the molecule is CC(CC(=O)NC1CCCC(CCl)C1)C(C)(C)C. The van der Waals surface area contributed by atoms with E-state index in [-0.39, 0.29) is 11.3 Å². The van der Waals surface area contributed by atoms with Crippen molar-refractivity contribution in [2.75, 3.05) is 5.88 Å². The number of carbonyl (C=O) groups is 1. The lowest BCUT2D eigenvalue weighted by Crippen LogP contribution is -2.40. The van der Waals surface area contributed by atoms with Crippen LogP contribution in [0.25, 0.3) is 0 Å². The van der Waals surface area contributed by atoms with Crippen LogP contribution in [-0.2, 0) is 4.79 Å². The zero-order valence-electron chi connectivity index (χ0n) is 12.3. The summed E-state index contributed by atoms with van der Waals surface area (Å²) in [5.41, 5.74) is 0.197. The number of hydrogen-bond acceptors (Lipinski definition) is 1. The maximum Gasteiger partial charge on any atom is 0.220 e. The zero-order chi connectivity index (χ0) is 13.8. The summed E-state index contributed by atoms with van der Waals surface area (Å²) in [5.74, 6) is 1.93. The molecule has 0 bridgehead atoms. The van der Waals surface area contributed by atoms with Crippen molar-refractivity contribution in [2.24, 2.45) is 17.3 Å². The van der Waals surface area contributed by atoms with Gasteiger partial charge in [-0.2, -0.15) is 0 Å². The summed E-state index contributed by atoms with van der Waals surface area (Å²) in [5, 5.41) is 3.19. The maximum atomic E-state index is 12.0. The van der Waals surface area contributed by atoms with Gasteiger partial charge in [0.05, 0.1) is 0 Å². The molecule has 0 aliphatic heterocycles. The summed E-state index contributed by atoms with van der Waals surface area (Å²) in [7, 11) is 0. The number of hydrogen-bond donors (Lipinski definition) is 1. The minimum atomic E-state index is 0.197. The standard InChI is InChI=1S/C15H28ClNO/c1-11(15(2,3)4)8-14(18)17-13-7-5-6-12(9-13)10-16/h11-13H,5-10H2,1-4H3,(H,17,18). The van der Waals surface area contributed by atoms with Crippen molar-refractivity contribution in [3.63, 3.8) is 0 Å². The molecule has 1 N–H and O–H groups in total. The summed E-state index contributed by atoms with van der Waals surface area (Å²) in [6.45, 7) is 8.72. The van der Waals surface area contributed by atoms with Crippen LogP contribution in [0.3, 0.4) is 0 Å². The Hall–Kier alpha value is -0.240. The van der Waals surface area contributed by atoms with E-state index in [1.54, 1.807) is 0 Å². The van der Waals surface area contributed by atoms with Crippen molar-refractivity contribution < 1.29 is 4.79 Å². The molecular weight excluding hydrogens is 246 g/mol. The first-order valence-electron chi connectivity index (χ1n) is 7.18. The van der Waals surface area contributed by atoms with Gasteiger partial charge in [0.25, 0.3) is 0 Å². The van der Waals surface area contributed by atoms with Crippen LogP contribution in [0.2, 0.25) is 0 Å². The van der Waals surface area contributed by atoms with Crippen molar-refractivity contribution >= 4 is 17.5 Å². The van der Waals surface area contributed by atoms with E-state index in [2.05, 4.69) is 33.0 Å². The number of carbonyl (C=O) groups excluding carboxylic acids is 1. The van der Waals surface area contributed by atoms with Gasteiger partial charge in [-0.05, 0) is 36.5 Å². The molecule has 3 atom stereocenters. The van der Waals surface area contributed by atoms with Gasteiger partial charge in [-0.15, -0.1) is 11.6 Å². The van der Waals surface area contributed by atoms with Gasteiger partial charge in [0.2, 0.25) is 5.91 Å². The van der Waals surface area contributed by atoms with Gasteiger partial charge in [-0.1, -0.05) is 34.1 Å². The Morgan fingerprint density at radius 1 is 1.39 bits per heavy atom. The largest absolute Gasteiger partial charge is 0.353 e. The third-order valence-corrected chi connectivity index (χ3v) is 4.77. The van der Waals surface area contributed by atoms with Crippen LogP contribution in [0.5, 0.6) is 0 Å². The molecule has 1 amide bonds. The van der Waals surface area contributed by atoms with E-state index in [9.17, 15) is 4.79 Å². The molecule has 0 saturated heterocycles. The van der Waals surface area contributed by atoms with Crippen LogP contribution in [0.1, 0.15) is 59.8 Å². The molecule has 1 aliphatic rings. The van der Waals surface area contributed by atoms with Gasteiger partial charge in [-0.25, -0.2) is 0 Å². The highest BCUT2D eigenvalue weighted by atomic mass is 35.5. The molecule has 0 aromatic rings. The monoisotopic (exact) mass is 273 g/mol. The number of rotatable bonds is 4. The summed E-state index contributed by atoms with van der Waals surface area (Å²) in [4.78, 5) is 12.0. The molecule has 3 heteroatoms. The first-order chi connectivity index (χ1) is 8.32. The van der Waals surface area contributed by atoms with E-state index < -0.39 is 0 Å². The van der Waals surface area contributed by atoms with Gasteiger partial charge in [0.15, 0.2) is 0 Å². The molecule has 0 aromatic carbocycles. The summed E-state index contributed by atoms with van der Waals surface area (Å²) < 4.78 is 0. The molecule has 1 saturated carbocycles. The molecule has 18 heavy (non-hydrogen) atoms. The van der Waals surface area contributed by atoms with Gasteiger partial charge < -0.3 is 5.32 Å². The fourth-order valence-electron chi connectivity index (χ4n) is 2.43. The number of alkyl halides is 1. The van der Waals surface area contributed by atoms with E-state index in [1.165, 1.54) is 12.8 Å². The Kier molecular flexibility index (Phi) is 5.97. The molecule has 1 rings (SSSR count). The fraction of sp³-hybridized carbons (Fsp3) is 0.933. The number of amides is 1. The Morgan fingerprint density at radius 2 is 2.06 bits per heavy atom. The molecule has 106 valence electrons. The Bertz CT molecular complexity index is 272. The van der Waals surface area contributed by atoms with E-state index >= 15 is 0 Å². The van der Waals surface area contributed by atoms with Crippen LogP contribution < -0.4 is 5.32 Å². The quantitative estimate of drug-likeness (QED) is 0.772. The minimum Gasteiger partial charge on any atom is -0.353 e. The van der Waals surface area contributed by atoms with Crippen LogP contribution in [-0.4, -0.2) is 17.8 Å².